The zero-order chi connectivity index (χ0) is 13.4. The molecule has 0 unspecified atom stereocenters. The number of benzene rings is 1. The number of para-hydroxylation sites is 1. The van der Waals surface area contributed by atoms with Crippen molar-refractivity contribution in [2.45, 2.75) is 33.1 Å². The van der Waals surface area contributed by atoms with Crippen LogP contribution in [0.25, 0.3) is 0 Å². The average molecular weight is 250 g/mol. The third kappa shape index (κ3) is 3.95. The molecule has 0 amide bonds. The first-order valence-corrected chi connectivity index (χ1v) is 6.50. The highest BCUT2D eigenvalue weighted by molar-refractivity contribution is 5.98. The van der Waals surface area contributed by atoms with Gasteiger partial charge in [0, 0.05) is 6.54 Å². The average Bonchev–Trinajstić information content (AvgIpc) is 2.36. The first-order chi connectivity index (χ1) is 8.70. The first-order valence-electron chi connectivity index (χ1n) is 6.50. The van der Waals surface area contributed by atoms with Crippen LogP contribution >= 0.6 is 0 Å². The largest absolute Gasteiger partial charge is 0.462 e. The molecule has 100 valence electrons. The summed E-state index contributed by atoms with van der Waals surface area (Å²) in [5, 5.41) is 3.23. The van der Waals surface area contributed by atoms with Gasteiger partial charge >= 0.3 is 5.97 Å². The van der Waals surface area contributed by atoms with Crippen LogP contribution in [0.15, 0.2) is 18.2 Å². The van der Waals surface area contributed by atoms with Gasteiger partial charge in [-0.25, -0.2) is 4.79 Å². The van der Waals surface area contributed by atoms with Gasteiger partial charge in [0.15, 0.2) is 0 Å². The molecule has 0 saturated carbocycles. The monoisotopic (exact) mass is 250 g/mol. The summed E-state index contributed by atoms with van der Waals surface area (Å²) in [5.41, 5.74) is 7.68. The molecule has 3 N–H and O–H groups in total. The molecular weight excluding hydrogens is 228 g/mol. The molecule has 0 aromatic heterocycles. The Morgan fingerprint density at radius 1 is 1.33 bits per heavy atom. The van der Waals surface area contributed by atoms with Crippen LogP contribution in [0.5, 0.6) is 0 Å². The number of nitrogens with one attached hydrogen (secondary N) is 1. The van der Waals surface area contributed by atoms with Crippen LogP contribution in [0.1, 0.15) is 43.5 Å². The number of ether oxygens (including phenoxy) is 1. The van der Waals surface area contributed by atoms with Crippen molar-refractivity contribution in [3.63, 3.8) is 0 Å². The topological polar surface area (TPSA) is 64.3 Å². The Bertz CT molecular complexity index is 391. The fourth-order valence-corrected chi connectivity index (χ4v) is 1.73. The van der Waals surface area contributed by atoms with E-state index in [-0.39, 0.29) is 5.97 Å². The van der Waals surface area contributed by atoms with Gasteiger partial charge in [0.05, 0.1) is 23.5 Å². The second-order valence-electron chi connectivity index (χ2n) is 4.12. The van der Waals surface area contributed by atoms with Gasteiger partial charge in [-0.2, -0.15) is 0 Å². The summed E-state index contributed by atoms with van der Waals surface area (Å²) in [4.78, 5) is 11.8. The number of esters is 1. The van der Waals surface area contributed by atoms with Crippen molar-refractivity contribution in [1.82, 2.24) is 0 Å². The maximum absolute atomic E-state index is 11.8. The summed E-state index contributed by atoms with van der Waals surface area (Å²) in [7, 11) is 0. The lowest BCUT2D eigenvalue weighted by Crippen LogP contribution is -2.12. The fourth-order valence-electron chi connectivity index (χ4n) is 1.73. The molecule has 0 aliphatic heterocycles. The minimum absolute atomic E-state index is 0.331. The fraction of sp³-hybridized carbons (Fsp3) is 0.500. The Morgan fingerprint density at radius 3 is 2.78 bits per heavy atom. The lowest BCUT2D eigenvalue weighted by molar-refractivity contribution is 0.0527. The summed E-state index contributed by atoms with van der Waals surface area (Å²) >= 11 is 0. The second kappa shape index (κ2) is 7.58. The Labute approximate surface area is 109 Å². The van der Waals surface area contributed by atoms with Gasteiger partial charge in [-0.15, -0.1) is 0 Å². The summed E-state index contributed by atoms with van der Waals surface area (Å²) in [5.74, 6) is -0.331. The van der Waals surface area contributed by atoms with Gasteiger partial charge in [0.2, 0.25) is 0 Å². The van der Waals surface area contributed by atoms with E-state index in [0.29, 0.717) is 23.5 Å². The van der Waals surface area contributed by atoms with Crippen LogP contribution in [0.4, 0.5) is 11.4 Å². The van der Waals surface area contributed by atoms with Crippen molar-refractivity contribution in [3.05, 3.63) is 23.8 Å². The summed E-state index contributed by atoms with van der Waals surface area (Å²) in [6.07, 6.45) is 3.39. The van der Waals surface area contributed by atoms with E-state index in [4.69, 9.17) is 10.5 Å². The molecule has 0 spiro atoms. The van der Waals surface area contributed by atoms with Crippen LogP contribution in [-0.4, -0.2) is 19.1 Å². The van der Waals surface area contributed by atoms with Crippen molar-refractivity contribution in [2.24, 2.45) is 0 Å². The smallest absolute Gasteiger partial charge is 0.340 e. The number of nitrogens with two attached hydrogens (primary N) is 1. The highest BCUT2D eigenvalue weighted by Crippen LogP contribution is 2.24. The van der Waals surface area contributed by atoms with Crippen molar-refractivity contribution in [2.75, 3.05) is 24.2 Å². The van der Waals surface area contributed by atoms with Gasteiger partial charge in [0.25, 0.3) is 0 Å². The molecule has 0 bridgehead atoms. The molecule has 0 heterocycles. The molecule has 1 rings (SSSR count). The van der Waals surface area contributed by atoms with Gasteiger partial charge in [-0.3, -0.25) is 0 Å². The van der Waals surface area contributed by atoms with Crippen molar-refractivity contribution in [1.29, 1.82) is 0 Å². The van der Waals surface area contributed by atoms with Crippen molar-refractivity contribution in [3.8, 4) is 0 Å². The Morgan fingerprint density at radius 2 is 2.11 bits per heavy atom. The first kappa shape index (κ1) is 14.4. The summed E-state index contributed by atoms with van der Waals surface area (Å²) in [6.45, 7) is 5.12. The number of hydrogen-bond donors (Lipinski definition) is 2. The van der Waals surface area contributed by atoms with Crippen LogP contribution in [-0.2, 0) is 4.74 Å². The quantitative estimate of drug-likeness (QED) is 0.443. The zero-order valence-corrected chi connectivity index (χ0v) is 11.2. The highest BCUT2D eigenvalue weighted by atomic mass is 16.5. The SMILES string of the molecule is CCCCCNc1c(N)cccc1C(=O)OCC. The zero-order valence-electron chi connectivity index (χ0n) is 11.2. The molecule has 4 nitrogen and oxygen atoms in total. The van der Waals surface area contributed by atoms with Crippen molar-refractivity contribution < 1.29 is 9.53 Å². The van der Waals surface area contributed by atoms with E-state index in [1.165, 1.54) is 0 Å². The Balaban J connectivity index is 2.77. The van der Waals surface area contributed by atoms with Crippen LogP contribution in [0, 0.1) is 0 Å². The number of carbonyl (C=O) groups is 1. The molecule has 1 aromatic rings. The van der Waals surface area contributed by atoms with E-state index >= 15 is 0 Å². The van der Waals surface area contributed by atoms with Gasteiger partial charge < -0.3 is 15.8 Å². The van der Waals surface area contributed by atoms with E-state index in [2.05, 4.69) is 12.2 Å². The number of unbranched alkanes of at least 4 members (excludes halogenated alkanes) is 2. The summed E-state index contributed by atoms with van der Waals surface area (Å²) in [6, 6.07) is 5.28. The highest BCUT2D eigenvalue weighted by Gasteiger charge is 2.14. The maximum Gasteiger partial charge on any atom is 0.340 e. The molecule has 0 aliphatic carbocycles. The van der Waals surface area contributed by atoms with Gasteiger partial charge in [-0.05, 0) is 25.5 Å². The van der Waals surface area contributed by atoms with Crippen molar-refractivity contribution >= 4 is 17.3 Å². The van der Waals surface area contributed by atoms with Crippen LogP contribution in [0.3, 0.4) is 0 Å². The maximum atomic E-state index is 11.8. The number of carbonyl (C=O) groups excluding carboxylic acids is 1. The predicted octanol–water partition coefficient (Wildman–Crippen LogP) is 3.05. The number of rotatable bonds is 7. The number of anilines is 2. The molecule has 18 heavy (non-hydrogen) atoms. The van der Waals surface area contributed by atoms with E-state index in [0.717, 1.165) is 25.8 Å². The normalized spacial score (nSPS) is 10.1. The van der Waals surface area contributed by atoms with Crippen LogP contribution < -0.4 is 11.1 Å². The van der Waals surface area contributed by atoms with E-state index in [9.17, 15) is 4.79 Å². The van der Waals surface area contributed by atoms with Gasteiger partial charge in [-0.1, -0.05) is 25.8 Å². The van der Waals surface area contributed by atoms with E-state index < -0.39 is 0 Å². The van der Waals surface area contributed by atoms with Crippen LogP contribution in [0.2, 0.25) is 0 Å². The molecule has 0 saturated heterocycles. The van der Waals surface area contributed by atoms with E-state index in [1.807, 2.05) is 0 Å². The van der Waals surface area contributed by atoms with E-state index in [1.54, 1.807) is 25.1 Å². The molecule has 0 fully saturated rings. The lowest BCUT2D eigenvalue weighted by atomic mass is 10.1. The molecule has 0 atom stereocenters. The molecule has 0 aliphatic rings. The molecule has 1 aromatic carbocycles. The Kier molecular flexibility index (Phi) is 6.05. The minimum Gasteiger partial charge on any atom is -0.462 e. The third-order valence-corrected chi connectivity index (χ3v) is 2.67. The van der Waals surface area contributed by atoms with Gasteiger partial charge in [0.1, 0.15) is 0 Å². The number of hydrogen-bond acceptors (Lipinski definition) is 4. The lowest BCUT2D eigenvalue weighted by Gasteiger charge is -2.13. The Hall–Kier alpha value is -1.71. The second-order valence-corrected chi connectivity index (χ2v) is 4.12. The standard InChI is InChI=1S/C14H22N2O2/c1-3-5-6-10-16-13-11(14(17)18-4-2)8-7-9-12(13)15/h7-9,16H,3-6,10,15H2,1-2H3. The molecule has 0 radical (unpaired) electrons. The third-order valence-electron chi connectivity index (χ3n) is 2.67. The summed E-state index contributed by atoms with van der Waals surface area (Å²) < 4.78 is 5.02. The molecular formula is C14H22N2O2. The molecule has 4 heteroatoms. The minimum atomic E-state index is -0.331. The predicted molar refractivity (Wildman–Crippen MR) is 74.8 cm³/mol. The number of nitrogen functional groups attached to an aromatic ring is 1.